The minimum Gasteiger partial charge on any atom is -0.469 e. The smallest absolute Gasteiger partial charge is 0.305 e. The molecule has 9 nitrogen and oxygen atoms in total. The van der Waals surface area contributed by atoms with Crippen LogP contribution in [0.15, 0.2) is 16.8 Å². The lowest BCUT2D eigenvalue weighted by Crippen LogP contribution is -2.21. The Morgan fingerprint density at radius 2 is 2.00 bits per heavy atom. The summed E-state index contributed by atoms with van der Waals surface area (Å²) < 4.78 is 4.67. The van der Waals surface area contributed by atoms with Gasteiger partial charge in [-0.15, -0.1) is 0 Å². The predicted octanol–water partition coefficient (Wildman–Crippen LogP) is 4.09. The van der Waals surface area contributed by atoms with Crippen LogP contribution in [0.1, 0.15) is 63.8 Å². The number of unbranched alkanes of at least 4 members (excludes halogenated alkanes) is 1. The van der Waals surface area contributed by atoms with Gasteiger partial charge in [0.2, 0.25) is 6.41 Å². The number of anilines is 1. The number of aliphatic hydroxyl groups is 1. The van der Waals surface area contributed by atoms with Crippen LogP contribution in [0.5, 0.6) is 0 Å². The molecule has 1 aromatic rings. The Morgan fingerprint density at radius 1 is 1.26 bits per heavy atom. The number of hydrogen-bond donors (Lipinski definition) is 2. The van der Waals surface area contributed by atoms with Crippen molar-refractivity contribution in [1.29, 1.82) is 0 Å². The zero-order chi connectivity index (χ0) is 26.2. The van der Waals surface area contributed by atoms with E-state index >= 15 is 0 Å². The van der Waals surface area contributed by atoms with E-state index < -0.39 is 0 Å². The van der Waals surface area contributed by atoms with Crippen molar-refractivity contribution >= 4 is 56.7 Å². The summed E-state index contributed by atoms with van der Waals surface area (Å²) in [5.74, 6) is 1.49. The van der Waals surface area contributed by atoms with Crippen LogP contribution < -0.4 is 5.73 Å². The molecule has 0 aliphatic heterocycles. The summed E-state index contributed by atoms with van der Waals surface area (Å²) in [6.07, 6.45) is 6.45. The summed E-state index contributed by atoms with van der Waals surface area (Å²) in [4.78, 5) is 45.5. The Morgan fingerprint density at radius 3 is 2.60 bits per heavy atom. The van der Waals surface area contributed by atoms with Crippen LogP contribution in [0.3, 0.4) is 0 Å². The first-order valence-corrected chi connectivity index (χ1v) is 14.6. The number of ether oxygens (including phenoxy) is 1. The van der Waals surface area contributed by atoms with E-state index in [1.54, 1.807) is 35.7 Å². The van der Waals surface area contributed by atoms with Gasteiger partial charge in [-0.05, 0) is 33.1 Å². The van der Waals surface area contributed by atoms with Crippen LogP contribution in [-0.4, -0.2) is 62.2 Å². The summed E-state index contributed by atoms with van der Waals surface area (Å²) in [7, 11) is 4.54. The third-order valence-corrected chi connectivity index (χ3v) is 8.87. The highest BCUT2D eigenvalue weighted by Gasteiger charge is 2.16. The molecule has 1 heterocycles. The predicted molar refractivity (Wildman–Crippen MR) is 144 cm³/mol. The maximum absolute atomic E-state index is 11.8. The Hall–Kier alpha value is -1.76. The van der Waals surface area contributed by atoms with Gasteiger partial charge < -0.3 is 20.5 Å². The molecule has 0 saturated heterocycles. The number of carbonyl (C=O) groups excluding carboxylic acids is 3. The van der Waals surface area contributed by atoms with Crippen LogP contribution >= 0.6 is 33.3 Å². The zero-order valence-electron chi connectivity index (χ0n) is 20.8. The molecule has 0 saturated carbocycles. The number of aryl methyl sites for hydroxylation is 1. The molecule has 0 aliphatic carbocycles. The maximum Gasteiger partial charge on any atom is 0.305 e. The van der Waals surface area contributed by atoms with Crippen molar-refractivity contribution in [3.8, 4) is 0 Å². The first-order chi connectivity index (χ1) is 16.7. The van der Waals surface area contributed by atoms with E-state index in [-0.39, 0.29) is 29.5 Å². The Labute approximate surface area is 219 Å². The van der Waals surface area contributed by atoms with Crippen molar-refractivity contribution in [1.82, 2.24) is 14.9 Å². The summed E-state index contributed by atoms with van der Waals surface area (Å²) in [5.41, 5.74) is 7.37. The number of nitrogens with two attached hydrogens (primary N) is 1. The Kier molecular flexibility index (Phi) is 15.8. The van der Waals surface area contributed by atoms with Crippen molar-refractivity contribution in [3.63, 3.8) is 0 Å². The van der Waals surface area contributed by atoms with E-state index in [0.717, 1.165) is 48.4 Å². The van der Waals surface area contributed by atoms with Gasteiger partial charge in [0.05, 0.1) is 13.7 Å². The molecule has 0 aromatic carbocycles. The average molecular weight is 545 g/mol. The number of nitrogen functional groups attached to an aromatic ring is 1. The molecule has 0 radical (unpaired) electrons. The summed E-state index contributed by atoms with van der Waals surface area (Å²) >= 11 is 1.34. The molecule has 1 atom stereocenters. The summed E-state index contributed by atoms with van der Waals surface area (Å²) in [6.45, 7) is 5.36. The van der Waals surface area contributed by atoms with Gasteiger partial charge in [0.15, 0.2) is 5.12 Å². The van der Waals surface area contributed by atoms with E-state index in [2.05, 4.69) is 14.7 Å². The third-order valence-electron chi connectivity index (χ3n) is 5.06. The first-order valence-electron chi connectivity index (χ1n) is 11.4. The van der Waals surface area contributed by atoms with Crippen LogP contribution in [0.4, 0.5) is 5.82 Å². The van der Waals surface area contributed by atoms with E-state index in [1.807, 2.05) is 6.92 Å². The molecule has 0 aliphatic rings. The van der Waals surface area contributed by atoms with Gasteiger partial charge in [-0.1, -0.05) is 39.8 Å². The highest BCUT2D eigenvalue weighted by atomic mass is 33.1. The normalized spacial score (nSPS) is 12.6. The van der Waals surface area contributed by atoms with Crippen LogP contribution in [0, 0.1) is 6.92 Å². The van der Waals surface area contributed by atoms with Gasteiger partial charge in [0, 0.05) is 59.7 Å². The second-order valence-electron chi connectivity index (χ2n) is 7.79. The van der Waals surface area contributed by atoms with Crippen molar-refractivity contribution in [3.05, 3.63) is 28.2 Å². The number of carbonyl (C=O) groups is 3. The van der Waals surface area contributed by atoms with Gasteiger partial charge in [0.1, 0.15) is 11.6 Å². The van der Waals surface area contributed by atoms with Crippen LogP contribution in [0.2, 0.25) is 0 Å². The molecule has 196 valence electrons. The third kappa shape index (κ3) is 12.7. The first kappa shape index (κ1) is 31.3. The molecule has 0 fully saturated rings. The number of rotatable bonds is 17. The number of allylic oxidation sites excluding steroid dienone is 1. The molecule has 0 bridgehead atoms. The van der Waals surface area contributed by atoms with Gasteiger partial charge in [-0.25, -0.2) is 9.97 Å². The SMILES string of the molecule is COC(=O)CCCC[C@H](CCSS/C(CCO)=C(\C)N(C=O)Cc1cnc(C)nc1N)SC(C)=O. The molecule has 3 N–H and O–H groups in total. The van der Waals surface area contributed by atoms with Gasteiger partial charge in [0.25, 0.3) is 0 Å². The Balaban J connectivity index is 2.70. The van der Waals surface area contributed by atoms with E-state index in [1.165, 1.54) is 29.7 Å². The molecule has 0 spiro atoms. The number of methoxy groups -OCH3 is 1. The number of aromatic nitrogens is 2. The lowest BCUT2D eigenvalue weighted by Gasteiger charge is -2.22. The van der Waals surface area contributed by atoms with E-state index in [0.29, 0.717) is 30.0 Å². The van der Waals surface area contributed by atoms with Crippen molar-refractivity contribution < 1.29 is 24.2 Å². The minimum atomic E-state index is -0.215. The lowest BCUT2D eigenvalue weighted by molar-refractivity contribution is -0.140. The summed E-state index contributed by atoms with van der Waals surface area (Å²) in [5, 5.41) is 9.81. The molecule has 1 amide bonds. The van der Waals surface area contributed by atoms with Crippen molar-refractivity contribution in [2.24, 2.45) is 0 Å². The monoisotopic (exact) mass is 544 g/mol. The highest BCUT2D eigenvalue weighted by Crippen LogP contribution is 2.37. The molecular formula is C23H36N4O5S3. The largest absolute Gasteiger partial charge is 0.469 e. The Bertz CT molecular complexity index is 870. The average Bonchev–Trinajstić information content (AvgIpc) is 2.82. The number of nitrogens with zero attached hydrogens (tertiary/aromatic N) is 3. The number of aliphatic hydroxyl groups excluding tert-OH is 1. The molecule has 1 rings (SSSR count). The van der Waals surface area contributed by atoms with Crippen LogP contribution in [-0.2, 0) is 25.7 Å². The van der Waals surface area contributed by atoms with Gasteiger partial charge in [-0.3, -0.25) is 14.4 Å². The van der Waals surface area contributed by atoms with Crippen LogP contribution in [0.25, 0.3) is 0 Å². The van der Waals surface area contributed by atoms with E-state index in [9.17, 15) is 19.5 Å². The number of hydrogen-bond acceptors (Lipinski definition) is 11. The number of esters is 1. The molecule has 1 aromatic heterocycles. The standard InChI is InChI=1S/C23H36N4O5S3/c1-16(27(15-29)14-19-13-25-17(2)26-23(19)24)21(9-11-28)35-33-12-10-20(34-18(3)30)7-5-6-8-22(31)32-4/h13,15,20,28H,5-12,14H2,1-4H3,(H2,24,25,26)/b21-16+/t20-/m1/s1. The topological polar surface area (TPSA) is 136 Å². The van der Waals surface area contributed by atoms with Crippen molar-refractivity contribution in [2.75, 3.05) is 25.2 Å². The van der Waals surface area contributed by atoms with Gasteiger partial charge >= 0.3 is 5.97 Å². The highest BCUT2D eigenvalue weighted by molar-refractivity contribution is 8.78. The second-order valence-corrected chi connectivity index (χ2v) is 11.8. The fourth-order valence-corrected chi connectivity index (χ4v) is 6.86. The number of amides is 1. The quantitative estimate of drug-likeness (QED) is 0.127. The van der Waals surface area contributed by atoms with E-state index in [4.69, 9.17) is 5.73 Å². The fraction of sp³-hybridized carbons (Fsp3) is 0.609. The molecular weight excluding hydrogens is 508 g/mol. The minimum absolute atomic E-state index is 0.0360. The maximum atomic E-state index is 11.8. The van der Waals surface area contributed by atoms with Crippen molar-refractivity contribution in [2.45, 2.75) is 71.1 Å². The van der Waals surface area contributed by atoms with Gasteiger partial charge in [-0.2, -0.15) is 0 Å². The zero-order valence-corrected chi connectivity index (χ0v) is 23.3. The summed E-state index contributed by atoms with van der Waals surface area (Å²) in [6, 6.07) is 0. The fourth-order valence-electron chi connectivity index (χ4n) is 3.13. The lowest BCUT2D eigenvalue weighted by atomic mass is 10.1. The molecule has 12 heteroatoms. The molecule has 0 unspecified atom stereocenters. The molecule has 35 heavy (non-hydrogen) atoms. The number of thioether (sulfide) groups is 1. The second kappa shape index (κ2) is 17.6.